The van der Waals surface area contributed by atoms with E-state index in [1.165, 1.54) is 0 Å². The number of ether oxygens (including phenoxy) is 1. The molecule has 0 aliphatic rings. The van der Waals surface area contributed by atoms with Crippen molar-refractivity contribution >= 4 is 17.0 Å². The van der Waals surface area contributed by atoms with E-state index in [0.29, 0.717) is 13.1 Å². The van der Waals surface area contributed by atoms with Crippen LogP contribution in [0.15, 0.2) is 18.2 Å². The van der Waals surface area contributed by atoms with E-state index in [1.54, 1.807) is 7.11 Å². The highest BCUT2D eigenvalue weighted by atomic mass is 16.5. The van der Waals surface area contributed by atoms with Gasteiger partial charge in [0, 0.05) is 12.6 Å². The predicted octanol–water partition coefficient (Wildman–Crippen LogP) is 1.58. The number of carbonyl (C=O) groups is 1. The summed E-state index contributed by atoms with van der Waals surface area (Å²) in [6.07, 6.45) is 0.0813. The SMILES string of the molecule is COc1ccc2c(c1)nc(CN(C)C)n2CCC(=O)O. The number of methoxy groups -OCH3 is 1. The first kappa shape index (κ1) is 14.3. The highest BCUT2D eigenvalue weighted by Crippen LogP contribution is 2.22. The lowest BCUT2D eigenvalue weighted by atomic mass is 10.3. The predicted molar refractivity (Wildman–Crippen MR) is 75.9 cm³/mol. The number of hydrogen-bond acceptors (Lipinski definition) is 4. The van der Waals surface area contributed by atoms with Crippen LogP contribution >= 0.6 is 0 Å². The van der Waals surface area contributed by atoms with Gasteiger partial charge in [0.2, 0.25) is 0 Å². The van der Waals surface area contributed by atoms with Gasteiger partial charge in [-0.15, -0.1) is 0 Å². The fraction of sp³-hybridized carbons (Fsp3) is 0.429. The molecule has 0 atom stereocenters. The Labute approximate surface area is 117 Å². The maximum Gasteiger partial charge on any atom is 0.305 e. The number of aliphatic carboxylic acids is 1. The minimum atomic E-state index is -0.809. The molecule has 0 bridgehead atoms. The van der Waals surface area contributed by atoms with Crippen molar-refractivity contribution in [1.82, 2.24) is 14.5 Å². The summed E-state index contributed by atoms with van der Waals surface area (Å²) in [5.41, 5.74) is 1.76. The monoisotopic (exact) mass is 277 g/mol. The quantitative estimate of drug-likeness (QED) is 0.868. The number of imidazole rings is 1. The van der Waals surface area contributed by atoms with Crippen molar-refractivity contribution in [2.24, 2.45) is 0 Å². The van der Waals surface area contributed by atoms with E-state index in [4.69, 9.17) is 9.84 Å². The van der Waals surface area contributed by atoms with Crippen LogP contribution in [0.2, 0.25) is 0 Å². The zero-order valence-electron chi connectivity index (χ0n) is 12.0. The summed E-state index contributed by atoms with van der Waals surface area (Å²) in [6, 6.07) is 5.65. The van der Waals surface area contributed by atoms with E-state index in [-0.39, 0.29) is 6.42 Å². The highest BCUT2D eigenvalue weighted by Gasteiger charge is 2.13. The Balaban J connectivity index is 2.45. The molecule has 1 heterocycles. The number of benzene rings is 1. The Hall–Kier alpha value is -2.08. The molecule has 0 aliphatic heterocycles. The van der Waals surface area contributed by atoms with Gasteiger partial charge in [0.05, 0.1) is 31.1 Å². The second-order valence-electron chi connectivity index (χ2n) is 4.92. The topological polar surface area (TPSA) is 67.6 Å². The molecular formula is C14H19N3O3. The van der Waals surface area contributed by atoms with Crippen LogP contribution in [0.5, 0.6) is 5.75 Å². The molecule has 2 rings (SSSR count). The third-order valence-corrected chi connectivity index (χ3v) is 3.04. The Morgan fingerprint density at radius 3 is 2.80 bits per heavy atom. The van der Waals surface area contributed by atoms with Crippen LogP contribution < -0.4 is 4.74 Å². The molecule has 20 heavy (non-hydrogen) atoms. The Morgan fingerprint density at radius 2 is 2.20 bits per heavy atom. The molecule has 0 saturated heterocycles. The van der Waals surface area contributed by atoms with Gasteiger partial charge in [0.1, 0.15) is 11.6 Å². The van der Waals surface area contributed by atoms with Gasteiger partial charge >= 0.3 is 5.97 Å². The largest absolute Gasteiger partial charge is 0.497 e. The van der Waals surface area contributed by atoms with Crippen molar-refractivity contribution in [1.29, 1.82) is 0 Å². The second kappa shape index (κ2) is 5.92. The molecule has 2 aromatic rings. The highest BCUT2D eigenvalue weighted by molar-refractivity contribution is 5.78. The first-order valence-electron chi connectivity index (χ1n) is 6.41. The lowest BCUT2D eigenvalue weighted by Crippen LogP contribution is -2.16. The van der Waals surface area contributed by atoms with Gasteiger partial charge in [-0.3, -0.25) is 4.79 Å². The maximum absolute atomic E-state index is 10.8. The normalized spacial score (nSPS) is 11.2. The molecule has 0 aliphatic carbocycles. The van der Waals surface area contributed by atoms with E-state index >= 15 is 0 Å². The average molecular weight is 277 g/mol. The minimum absolute atomic E-state index is 0.0813. The van der Waals surface area contributed by atoms with Crippen LogP contribution in [-0.4, -0.2) is 46.7 Å². The summed E-state index contributed by atoms with van der Waals surface area (Å²) in [5, 5.41) is 8.88. The molecule has 6 nitrogen and oxygen atoms in total. The van der Waals surface area contributed by atoms with Gasteiger partial charge in [-0.2, -0.15) is 0 Å². The molecule has 1 aromatic carbocycles. The molecular weight excluding hydrogens is 258 g/mol. The molecule has 0 saturated carbocycles. The van der Waals surface area contributed by atoms with E-state index in [2.05, 4.69) is 4.98 Å². The van der Waals surface area contributed by atoms with Crippen LogP contribution in [0, 0.1) is 0 Å². The zero-order valence-corrected chi connectivity index (χ0v) is 12.0. The molecule has 0 spiro atoms. The van der Waals surface area contributed by atoms with Crippen molar-refractivity contribution in [3.05, 3.63) is 24.0 Å². The molecule has 0 unspecified atom stereocenters. The van der Waals surface area contributed by atoms with Crippen molar-refractivity contribution in [3.8, 4) is 5.75 Å². The number of carboxylic acids is 1. The van der Waals surface area contributed by atoms with Crippen LogP contribution in [0.25, 0.3) is 11.0 Å². The molecule has 6 heteroatoms. The first-order valence-corrected chi connectivity index (χ1v) is 6.41. The van der Waals surface area contributed by atoms with Crippen LogP contribution in [0.3, 0.4) is 0 Å². The molecule has 0 radical (unpaired) electrons. The van der Waals surface area contributed by atoms with Crippen LogP contribution in [0.1, 0.15) is 12.2 Å². The number of aryl methyl sites for hydroxylation is 1. The average Bonchev–Trinajstić information content (AvgIpc) is 2.71. The van der Waals surface area contributed by atoms with E-state index in [9.17, 15) is 4.79 Å². The number of aromatic nitrogens is 2. The van der Waals surface area contributed by atoms with Crippen molar-refractivity contribution in [3.63, 3.8) is 0 Å². The summed E-state index contributed by atoms with van der Waals surface area (Å²) >= 11 is 0. The van der Waals surface area contributed by atoms with E-state index in [1.807, 2.05) is 41.8 Å². The van der Waals surface area contributed by atoms with Gasteiger partial charge in [-0.05, 0) is 26.2 Å². The fourth-order valence-electron chi connectivity index (χ4n) is 2.15. The summed E-state index contributed by atoms with van der Waals surface area (Å²) in [4.78, 5) is 17.4. The van der Waals surface area contributed by atoms with Gasteiger partial charge in [0.25, 0.3) is 0 Å². The Kier molecular flexibility index (Phi) is 4.24. The third-order valence-electron chi connectivity index (χ3n) is 3.04. The van der Waals surface area contributed by atoms with Crippen LogP contribution in [0.4, 0.5) is 0 Å². The Bertz CT molecular complexity index is 619. The van der Waals surface area contributed by atoms with Gasteiger partial charge in [0.15, 0.2) is 0 Å². The third kappa shape index (κ3) is 3.08. The van der Waals surface area contributed by atoms with Crippen molar-refractivity contribution in [2.45, 2.75) is 19.5 Å². The molecule has 1 aromatic heterocycles. The summed E-state index contributed by atoms with van der Waals surface area (Å²) < 4.78 is 7.16. The number of nitrogens with zero attached hydrogens (tertiary/aromatic N) is 3. The number of rotatable bonds is 6. The lowest BCUT2D eigenvalue weighted by Gasteiger charge is -2.12. The first-order chi connectivity index (χ1) is 9.51. The van der Waals surface area contributed by atoms with Crippen molar-refractivity contribution in [2.75, 3.05) is 21.2 Å². The number of fused-ring (bicyclic) bond motifs is 1. The Morgan fingerprint density at radius 1 is 1.45 bits per heavy atom. The summed E-state index contributed by atoms with van der Waals surface area (Å²) in [7, 11) is 5.53. The molecule has 1 N–H and O–H groups in total. The molecule has 0 fully saturated rings. The smallest absolute Gasteiger partial charge is 0.305 e. The van der Waals surface area contributed by atoms with E-state index < -0.39 is 5.97 Å². The minimum Gasteiger partial charge on any atom is -0.497 e. The van der Waals surface area contributed by atoms with Gasteiger partial charge < -0.3 is 19.3 Å². The summed E-state index contributed by atoms with van der Waals surface area (Å²) in [5.74, 6) is 0.799. The fourth-order valence-corrected chi connectivity index (χ4v) is 2.15. The lowest BCUT2D eigenvalue weighted by molar-refractivity contribution is -0.137. The van der Waals surface area contributed by atoms with Crippen LogP contribution in [-0.2, 0) is 17.9 Å². The maximum atomic E-state index is 10.8. The second-order valence-corrected chi connectivity index (χ2v) is 4.92. The van der Waals surface area contributed by atoms with Crippen molar-refractivity contribution < 1.29 is 14.6 Å². The van der Waals surface area contributed by atoms with Gasteiger partial charge in [-0.1, -0.05) is 0 Å². The van der Waals surface area contributed by atoms with Gasteiger partial charge in [-0.25, -0.2) is 4.98 Å². The number of hydrogen-bond donors (Lipinski definition) is 1. The number of carboxylic acid groups (broad SMARTS) is 1. The summed E-state index contributed by atoms with van der Waals surface area (Å²) in [6.45, 7) is 1.08. The molecule has 0 amide bonds. The zero-order chi connectivity index (χ0) is 14.7. The van der Waals surface area contributed by atoms with E-state index in [0.717, 1.165) is 22.6 Å². The molecule has 108 valence electrons. The standard InChI is InChI=1S/C14H19N3O3/c1-16(2)9-13-15-11-8-10(20-3)4-5-12(11)17(13)7-6-14(18)19/h4-5,8H,6-7,9H2,1-3H3,(H,18,19).